The van der Waals surface area contributed by atoms with Crippen molar-refractivity contribution in [3.8, 4) is 0 Å². The van der Waals surface area contributed by atoms with Crippen molar-refractivity contribution in [2.24, 2.45) is 12.1 Å². The quantitative estimate of drug-likeness (QED) is 0.693. The molecule has 0 aliphatic carbocycles. The maximum Gasteiger partial charge on any atom is 0.339 e. The van der Waals surface area contributed by atoms with Crippen LogP contribution in [0.15, 0.2) is 53.6 Å². The van der Waals surface area contributed by atoms with E-state index in [-0.39, 0.29) is 0 Å². The topological polar surface area (TPSA) is 58.4 Å². The minimum atomic E-state index is -0.403. The van der Waals surface area contributed by atoms with Crippen LogP contribution >= 0.6 is 22.9 Å². The van der Waals surface area contributed by atoms with E-state index < -0.39 is 6.03 Å². The fraction of sp³-hybridized carbons (Fsp3) is 0.0667. The molecule has 2 N–H and O–H groups in total. The maximum absolute atomic E-state index is 11.8. The largest absolute Gasteiger partial charge is 0.339 e. The van der Waals surface area contributed by atoms with E-state index in [1.54, 1.807) is 24.3 Å². The number of hydrogen-bond acceptors (Lipinski definition) is 3. The minimum Gasteiger partial charge on any atom is -0.318 e. The third-order valence-corrected chi connectivity index (χ3v) is 4.43. The third-order valence-electron chi connectivity index (χ3n) is 3.07. The Hall–Kier alpha value is -2.31. The predicted molar refractivity (Wildman–Crippen MR) is 90.0 cm³/mol. The number of urea groups is 1. The van der Waals surface area contributed by atoms with Crippen LogP contribution in [0.4, 0.5) is 10.5 Å². The Bertz CT molecular complexity index is 882. The molecular weight excluding hydrogens is 320 g/mol. The van der Waals surface area contributed by atoms with Crippen LogP contribution in [0.2, 0.25) is 5.02 Å². The Morgan fingerprint density at radius 3 is 2.64 bits per heavy atom. The molecule has 0 aliphatic heterocycles. The van der Waals surface area contributed by atoms with Crippen molar-refractivity contribution in [3.63, 3.8) is 0 Å². The number of amides is 2. The number of nitrogens with zero attached hydrogens (tertiary/aromatic N) is 2. The SMILES string of the molecule is Cn1/c(=N/NC(=O)Nc2ccc(Cl)cc2)sc2ccccc21. The van der Waals surface area contributed by atoms with E-state index in [1.165, 1.54) is 11.3 Å². The average molecular weight is 333 g/mol. The summed E-state index contributed by atoms with van der Waals surface area (Å²) in [7, 11) is 1.91. The second kappa shape index (κ2) is 6.21. The van der Waals surface area contributed by atoms with Gasteiger partial charge in [0.25, 0.3) is 0 Å². The van der Waals surface area contributed by atoms with Crippen LogP contribution in [-0.4, -0.2) is 10.6 Å². The number of carbonyl (C=O) groups is 1. The summed E-state index contributed by atoms with van der Waals surface area (Å²) in [5.41, 5.74) is 4.22. The van der Waals surface area contributed by atoms with Crippen molar-refractivity contribution in [1.29, 1.82) is 0 Å². The summed E-state index contributed by atoms with van der Waals surface area (Å²) in [6.45, 7) is 0. The zero-order chi connectivity index (χ0) is 15.5. The van der Waals surface area contributed by atoms with E-state index >= 15 is 0 Å². The highest BCUT2D eigenvalue weighted by molar-refractivity contribution is 7.16. The van der Waals surface area contributed by atoms with Crippen LogP contribution in [0, 0.1) is 0 Å². The predicted octanol–water partition coefficient (Wildman–Crippen LogP) is 3.53. The lowest BCUT2D eigenvalue weighted by molar-refractivity contribution is 0.252. The second-order valence-corrected chi connectivity index (χ2v) is 6.04. The number of aromatic nitrogens is 1. The van der Waals surface area contributed by atoms with Crippen LogP contribution in [0.25, 0.3) is 10.2 Å². The zero-order valence-corrected chi connectivity index (χ0v) is 13.3. The summed E-state index contributed by atoms with van der Waals surface area (Å²) in [6.07, 6.45) is 0. The summed E-state index contributed by atoms with van der Waals surface area (Å²) >= 11 is 7.31. The number of anilines is 1. The molecule has 1 heterocycles. The average Bonchev–Trinajstić information content (AvgIpc) is 2.84. The first-order chi connectivity index (χ1) is 10.6. The first kappa shape index (κ1) is 14.6. The molecule has 0 unspecified atom stereocenters. The molecule has 2 aromatic carbocycles. The van der Waals surface area contributed by atoms with Gasteiger partial charge in [-0.25, -0.2) is 10.2 Å². The molecule has 0 atom stereocenters. The highest BCUT2D eigenvalue weighted by Crippen LogP contribution is 2.15. The lowest BCUT2D eigenvalue weighted by atomic mass is 10.3. The Kier molecular flexibility index (Phi) is 4.13. The number of benzene rings is 2. The molecule has 0 saturated carbocycles. The van der Waals surface area contributed by atoms with Gasteiger partial charge in [0, 0.05) is 17.8 Å². The van der Waals surface area contributed by atoms with E-state index in [4.69, 9.17) is 11.6 Å². The number of hydrogen-bond donors (Lipinski definition) is 2. The van der Waals surface area contributed by atoms with Gasteiger partial charge in [0.05, 0.1) is 10.2 Å². The van der Waals surface area contributed by atoms with Gasteiger partial charge in [0.1, 0.15) is 0 Å². The molecule has 0 bridgehead atoms. The number of fused-ring (bicyclic) bond motifs is 1. The van der Waals surface area contributed by atoms with Gasteiger partial charge in [-0.05, 0) is 36.4 Å². The van der Waals surface area contributed by atoms with Gasteiger partial charge in [0.2, 0.25) is 4.80 Å². The third kappa shape index (κ3) is 3.13. The Balaban J connectivity index is 1.76. The molecule has 0 fully saturated rings. The molecule has 0 radical (unpaired) electrons. The van der Waals surface area contributed by atoms with Crippen LogP contribution < -0.4 is 15.5 Å². The molecule has 5 nitrogen and oxygen atoms in total. The van der Waals surface area contributed by atoms with Crippen molar-refractivity contribution < 1.29 is 4.79 Å². The van der Waals surface area contributed by atoms with Gasteiger partial charge in [-0.15, -0.1) is 5.10 Å². The molecule has 0 spiro atoms. The highest BCUT2D eigenvalue weighted by atomic mass is 35.5. The van der Waals surface area contributed by atoms with E-state index in [0.717, 1.165) is 10.2 Å². The summed E-state index contributed by atoms with van der Waals surface area (Å²) in [5, 5.41) is 7.45. The van der Waals surface area contributed by atoms with Crippen LogP contribution in [-0.2, 0) is 7.05 Å². The first-order valence-corrected chi connectivity index (χ1v) is 7.74. The van der Waals surface area contributed by atoms with Crippen molar-refractivity contribution in [3.05, 3.63) is 58.4 Å². The Morgan fingerprint density at radius 1 is 1.18 bits per heavy atom. The highest BCUT2D eigenvalue weighted by Gasteiger charge is 2.03. The fourth-order valence-electron chi connectivity index (χ4n) is 1.98. The molecule has 3 rings (SSSR count). The molecule has 2 amide bonds. The summed E-state index contributed by atoms with van der Waals surface area (Å²) < 4.78 is 3.05. The maximum atomic E-state index is 11.8. The standard InChI is InChI=1S/C15H13ClN4OS/c1-20-12-4-2-3-5-13(12)22-15(20)19-18-14(21)17-11-8-6-10(16)7-9-11/h2-9H,1H3,(H2,17,18,21)/b19-15-. The number of carbonyl (C=O) groups excluding carboxylic acids is 1. The zero-order valence-electron chi connectivity index (χ0n) is 11.7. The molecule has 1 aromatic heterocycles. The van der Waals surface area contributed by atoms with Gasteiger partial charge < -0.3 is 9.88 Å². The van der Waals surface area contributed by atoms with E-state index in [0.29, 0.717) is 15.5 Å². The van der Waals surface area contributed by atoms with E-state index in [1.807, 2.05) is 35.9 Å². The number of halogens is 1. The van der Waals surface area contributed by atoms with Gasteiger partial charge in [-0.2, -0.15) is 0 Å². The Morgan fingerprint density at radius 2 is 1.91 bits per heavy atom. The van der Waals surface area contributed by atoms with E-state index in [9.17, 15) is 4.79 Å². The van der Waals surface area contributed by atoms with Crippen molar-refractivity contribution in [1.82, 2.24) is 9.99 Å². The monoisotopic (exact) mass is 332 g/mol. The molecule has 7 heteroatoms. The second-order valence-electron chi connectivity index (χ2n) is 4.60. The van der Waals surface area contributed by atoms with Gasteiger partial charge in [0.15, 0.2) is 0 Å². The van der Waals surface area contributed by atoms with Crippen molar-refractivity contribution >= 4 is 44.9 Å². The smallest absolute Gasteiger partial charge is 0.318 e. The molecule has 112 valence electrons. The molecule has 0 saturated heterocycles. The number of nitrogens with one attached hydrogen (secondary N) is 2. The Labute approximate surface area is 135 Å². The number of para-hydroxylation sites is 1. The van der Waals surface area contributed by atoms with E-state index in [2.05, 4.69) is 15.8 Å². The first-order valence-electron chi connectivity index (χ1n) is 6.54. The van der Waals surface area contributed by atoms with Gasteiger partial charge in [-0.3, -0.25) is 0 Å². The lowest BCUT2D eigenvalue weighted by Crippen LogP contribution is -2.27. The normalized spacial score (nSPS) is 11.6. The van der Waals surface area contributed by atoms with Gasteiger partial charge in [-0.1, -0.05) is 35.1 Å². The van der Waals surface area contributed by atoms with Crippen LogP contribution in [0.3, 0.4) is 0 Å². The van der Waals surface area contributed by atoms with Crippen molar-refractivity contribution in [2.75, 3.05) is 5.32 Å². The fourth-order valence-corrected chi connectivity index (χ4v) is 3.08. The molecule has 22 heavy (non-hydrogen) atoms. The summed E-state index contributed by atoms with van der Waals surface area (Å²) in [4.78, 5) is 12.6. The number of aryl methyl sites for hydroxylation is 1. The number of thiazole rings is 1. The summed E-state index contributed by atoms with van der Waals surface area (Å²) in [5.74, 6) is 0. The molecule has 3 aromatic rings. The van der Waals surface area contributed by atoms with Crippen LogP contribution in [0.1, 0.15) is 0 Å². The molecule has 0 aliphatic rings. The molecular formula is C15H13ClN4OS. The number of rotatable bonds is 2. The van der Waals surface area contributed by atoms with Crippen molar-refractivity contribution in [2.45, 2.75) is 0 Å². The minimum absolute atomic E-state index is 0.403. The summed E-state index contributed by atoms with van der Waals surface area (Å²) in [6, 6.07) is 14.4. The van der Waals surface area contributed by atoms with Crippen LogP contribution in [0.5, 0.6) is 0 Å². The van der Waals surface area contributed by atoms with Gasteiger partial charge >= 0.3 is 6.03 Å². The lowest BCUT2D eigenvalue weighted by Gasteiger charge is -2.03.